The van der Waals surface area contributed by atoms with Crippen molar-refractivity contribution in [3.63, 3.8) is 0 Å². The molecule has 0 bridgehead atoms. The molecule has 0 fully saturated rings. The van der Waals surface area contributed by atoms with Gasteiger partial charge in [-0.3, -0.25) is 4.79 Å². The van der Waals surface area contributed by atoms with Gasteiger partial charge in [0.15, 0.2) is 0 Å². The predicted octanol–water partition coefficient (Wildman–Crippen LogP) is 3.35. The normalized spacial score (nSPS) is 9.82. The Morgan fingerprint density at radius 1 is 1.29 bits per heavy atom. The number of nitriles is 1. The molecule has 0 aliphatic rings. The van der Waals surface area contributed by atoms with E-state index in [0.717, 1.165) is 0 Å². The molecule has 17 heavy (non-hydrogen) atoms. The number of hydrogen-bond acceptors (Lipinski definition) is 2. The maximum atomic E-state index is 12.0. The van der Waals surface area contributed by atoms with Crippen LogP contribution in [0.25, 0.3) is 0 Å². The largest absolute Gasteiger partial charge is 0.339 e. The van der Waals surface area contributed by atoms with E-state index in [1.807, 2.05) is 19.9 Å². The van der Waals surface area contributed by atoms with Gasteiger partial charge in [0.2, 0.25) is 0 Å². The van der Waals surface area contributed by atoms with E-state index in [4.69, 9.17) is 28.5 Å². The average Bonchev–Trinajstić information content (AvgIpc) is 2.30. The smallest absolute Gasteiger partial charge is 0.253 e. The highest BCUT2D eigenvalue weighted by Crippen LogP contribution is 2.26. The summed E-state index contributed by atoms with van der Waals surface area (Å²) in [5, 5.41) is 9.22. The minimum absolute atomic E-state index is 0.136. The van der Waals surface area contributed by atoms with E-state index in [1.54, 1.807) is 4.90 Å². The molecule has 0 saturated heterocycles. The van der Waals surface area contributed by atoms with Gasteiger partial charge in [-0.05, 0) is 26.0 Å². The van der Waals surface area contributed by atoms with Gasteiger partial charge >= 0.3 is 0 Å². The van der Waals surface area contributed by atoms with Crippen LogP contribution in [0.15, 0.2) is 12.1 Å². The van der Waals surface area contributed by atoms with E-state index >= 15 is 0 Å². The first kappa shape index (κ1) is 13.8. The first-order chi connectivity index (χ1) is 8.04. The van der Waals surface area contributed by atoms with Crippen molar-refractivity contribution in [2.24, 2.45) is 0 Å². The molecule has 0 unspecified atom stereocenters. The van der Waals surface area contributed by atoms with E-state index in [2.05, 4.69) is 0 Å². The number of nitrogens with zero attached hydrogens (tertiary/aromatic N) is 2. The van der Waals surface area contributed by atoms with Gasteiger partial charge in [-0.2, -0.15) is 5.26 Å². The van der Waals surface area contributed by atoms with Gasteiger partial charge in [-0.15, -0.1) is 0 Å². The van der Waals surface area contributed by atoms with Gasteiger partial charge in [-0.25, -0.2) is 0 Å². The van der Waals surface area contributed by atoms with Crippen LogP contribution in [0, 0.1) is 11.3 Å². The van der Waals surface area contributed by atoms with Crippen LogP contribution in [0.1, 0.15) is 29.8 Å². The highest BCUT2D eigenvalue weighted by atomic mass is 35.5. The van der Waals surface area contributed by atoms with Crippen LogP contribution in [0.3, 0.4) is 0 Å². The second-order valence-corrected chi connectivity index (χ2v) is 4.22. The third-order valence-corrected chi connectivity index (χ3v) is 3.05. The number of carbonyl (C=O) groups excluding carboxylic acids is 1. The molecule has 1 aromatic carbocycles. The van der Waals surface area contributed by atoms with Crippen molar-refractivity contribution in [1.82, 2.24) is 4.90 Å². The Hall–Kier alpha value is -1.24. The Bertz CT molecular complexity index is 453. The van der Waals surface area contributed by atoms with Crippen LogP contribution in [0.2, 0.25) is 10.0 Å². The summed E-state index contributed by atoms with van der Waals surface area (Å²) in [7, 11) is 0. The van der Waals surface area contributed by atoms with Crippen molar-refractivity contribution < 1.29 is 4.79 Å². The molecule has 0 N–H and O–H groups in total. The minimum atomic E-state index is -0.136. The number of benzene rings is 1. The van der Waals surface area contributed by atoms with E-state index in [1.165, 1.54) is 12.1 Å². The number of halogens is 2. The first-order valence-electron chi connectivity index (χ1n) is 5.23. The molecule has 1 aromatic rings. The van der Waals surface area contributed by atoms with Crippen LogP contribution in [-0.4, -0.2) is 23.9 Å². The monoisotopic (exact) mass is 270 g/mol. The lowest BCUT2D eigenvalue weighted by molar-refractivity contribution is 0.0773. The highest BCUT2D eigenvalue weighted by Gasteiger charge is 2.16. The second kappa shape index (κ2) is 5.90. The molecule has 0 saturated carbocycles. The standard InChI is InChI=1S/C12H12Cl2N2O/c1-3-16(4-2)12(17)8-5-10(13)9(7-15)11(14)6-8/h5-6H,3-4H2,1-2H3. The second-order valence-electron chi connectivity index (χ2n) is 3.40. The zero-order chi connectivity index (χ0) is 13.0. The molecule has 0 radical (unpaired) electrons. The summed E-state index contributed by atoms with van der Waals surface area (Å²) in [5.41, 5.74) is 0.604. The van der Waals surface area contributed by atoms with Crippen molar-refractivity contribution in [3.8, 4) is 6.07 Å². The van der Waals surface area contributed by atoms with Crippen molar-refractivity contribution >= 4 is 29.1 Å². The molecule has 0 spiro atoms. The SMILES string of the molecule is CCN(CC)C(=O)c1cc(Cl)c(C#N)c(Cl)c1. The molecule has 0 aliphatic heterocycles. The summed E-state index contributed by atoms with van der Waals surface area (Å²) in [6, 6.07) is 4.86. The third kappa shape index (κ3) is 2.91. The maximum Gasteiger partial charge on any atom is 0.253 e. The molecule has 0 heterocycles. The van der Waals surface area contributed by atoms with Crippen molar-refractivity contribution in [1.29, 1.82) is 5.26 Å². The number of carbonyl (C=O) groups is 1. The molecule has 1 rings (SSSR count). The fourth-order valence-corrected chi connectivity index (χ4v) is 2.07. The summed E-state index contributed by atoms with van der Waals surface area (Å²) < 4.78 is 0. The van der Waals surface area contributed by atoms with Gasteiger partial charge in [0.1, 0.15) is 6.07 Å². The summed E-state index contributed by atoms with van der Waals surface area (Å²) in [4.78, 5) is 13.7. The van der Waals surface area contributed by atoms with Crippen LogP contribution >= 0.6 is 23.2 Å². The Balaban J connectivity index is 3.18. The minimum Gasteiger partial charge on any atom is -0.339 e. The molecule has 90 valence electrons. The van der Waals surface area contributed by atoms with Gasteiger partial charge in [0.25, 0.3) is 5.91 Å². The molecule has 5 heteroatoms. The molecular weight excluding hydrogens is 259 g/mol. The van der Waals surface area contributed by atoms with Crippen molar-refractivity contribution in [2.45, 2.75) is 13.8 Å². The number of hydrogen-bond donors (Lipinski definition) is 0. The van der Waals surface area contributed by atoms with Crippen molar-refractivity contribution in [2.75, 3.05) is 13.1 Å². The van der Waals surface area contributed by atoms with E-state index < -0.39 is 0 Å². The average molecular weight is 271 g/mol. The molecule has 0 aliphatic carbocycles. The first-order valence-corrected chi connectivity index (χ1v) is 5.99. The Morgan fingerprint density at radius 2 is 1.76 bits per heavy atom. The van der Waals surface area contributed by atoms with Gasteiger partial charge in [-0.1, -0.05) is 23.2 Å². The quantitative estimate of drug-likeness (QED) is 0.846. The highest BCUT2D eigenvalue weighted by molar-refractivity contribution is 6.37. The summed E-state index contributed by atoms with van der Waals surface area (Å²) in [5.74, 6) is -0.136. The number of rotatable bonds is 3. The maximum absolute atomic E-state index is 12.0. The third-order valence-electron chi connectivity index (χ3n) is 2.45. The lowest BCUT2D eigenvalue weighted by Gasteiger charge is -2.19. The summed E-state index contributed by atoms with van der Waals surface area (Å²) in [6.45, 7) is 5.03. The van der Waals surface area contributed by atoms with E-state index in [0.29, 0.717) is 18.7 Å². The van der Waals surface area contributed by atoms with Gasteiger partial charge in [0.05, 0.1) is 15.6 Å². The molecule has 1 amide bonds. The Morgan fingerprint density at radius 3 is 2.12 bits per heavy atom. The molecule has 0 aromatic heterocycles. The zero-order valence-corrected chi connectivity index (χ0v) is 11.1. The predicted molar refractivity (Wildman–Crippen MR) is 68.4 cm³/mol. The lowest BCUT2D eigenvalue weighted by atomic mass is 10.1. The topological polar surface area (TPSA) is 44.1 Å². The van der Waals surface area contributed by atoms with Crippen molar-refractivity contribution in [3.05, 3.63) is 33.3 Å². The molecular formula is C12H12Cl2N2O. The summed E-state index contributed by atoms with van der Waals surface area (Å²) in [6.07, 6.45) is 0. The fourth-order valence-electron chi connectivity index (χ4n) is 1.50. The van der Waals surface area contributed by atoms with Crippen LogP contribution in [0.4, 0.5) is 0 Å². The van der Waals surface area contributed by atoms with Crippen LogP contribution in [0.5, 0.6) is 0 Å². The van der Waals surface area contributed by atoms with E-state index in [-0.39, 0.29) is 21.5 Å². The Kier molecular flexibility index (Phi) is 4.80. The Labute approximate surface area is 111 Å². The summed E-state index contributed by atoms with van der Waals surface area (Å²) >= 11 is 11.8. The molecule has 3 nitrogen and oxygen atoms in total. The van der Waals surface area contributed by atoms with Gasteiger partial charge in [0, 0.05) is 18.7 Å². The molecule has 0 atom stereocenters. The zero-order valence-electron chi connectivity index (χ0n) is 9.63. The lowest BCUT2D eigenvalue weighted by Crippen LogP contribution is -2.30. The van der Waals surface area contributed by atoms with E-state index in [9.17, 15) is 4.79 Å². The fraction of sp³-hybridized carbons (Fsp3) is 0.333. The van der Waals surface area contributed by atoms with Gasteiger partial charge < -0.3 is 4.90 Å². The van der Waals surface area contributed by atoms with Crippen LogP contribution < -0.4 is 0 Å². The number of amides is 1. The van der Waals surface area contributed by atoms with Crippen LogP contribution in [-0.2, 0) is 0 Å².